The minimum absolute atomic E-state index is 0.0251. The molecule has 1 aliphatic heterocycles. The molecule has 0 saturated carbocycles. The van der Waals surface area contributed by atoms with Gasteiger partial charge in [0.25, 0.3) is 0 Å². The van der Waals surface area contributed by atoms with E-state index in [1.165, 1.54) is 0 Å². The fraction of sp³-hybridized carbons (Fsp3) is 0.625. The van der Waals surface area contributed by atoms with E-state index in [4.69, 9.17) is 0 Å². The lowest BCUT2D eigenvalue weighted by atomic mass is 9.85. The Hall–Kier alpha value is -1.36. The van der Waals surface area contributed by atoms with Crippen molar-refractivity contribution in [3.63, 3.8) is 0 Å². The highest BCUT2D eigenvalue weighted by Gasteiger charge is 2.49. The number of rotatable bonds is 5. The standard InChI is InChI=1S/C16H24N2O2S/c1-5-13-14(19)17-16(6-2,7-3)15(20)18(13)11(4)12-8-9-21-10-12/h8-11,13H,5-7H2,1-4H3,(H,17,19). The van der Waals surface area contributed by atoms with Gasteiger partial charge in [-0.1, -0.05) is 20.8 Å². The lowest BCUT2D eigenvalue weighted by Gasteiger charge is -2.47. The number of carbonyl (C=O) groups is 2. The first kappa shape index (κ1) is 16.0. The number of amides is 2. The number of carbonyl (C=O) groups excluding carboxylic acids is 2. The number of hydrogen-bond acceptors (Lipinski definition) is 3. The summed E-state index contributed by atoms with van der Waals surface area (Å²) in [6, 6.07) is 1.58. The number of piperazine rings is 1. The molecule has 21 heavy (non-hydrogen) atoms. The second-order valence-corrected chi connectivity index (χ2v) is 6.43. The van der Waals surface area contributed by atoms with Gasteiger partial charge >= 0.3 is 0 Å². The van der Waals surface area contributed by atoms with E-state index in [-0.39, 0.29) is 23.9 Å². The minimum atomic E-state index is -0.743. The molecule has 116 valence electrons. The number of thiophene rings is 1. The molecule has 2 atom stereocenters. The van der Waals surface area contributed by atoms with Gasteiger partial charge in [-0.25, -0.2) is 0 Å². The summed E-state index contributed by atoms with van der Waals surface area (Å²) in [5.41, 5.74) is 0.357. The van der Waals surface area contributed by atoms with Crippen molar-refractivity contribution in [3.8, 4) is 0 Å². The zero-order valence-corrected chi connectivity index (χ0v) is 14.0. The van der Waals surface area contributed by atoms with Crippen LogP contribution in [0.4, 0.5) is 0 Å². The molecule has 2 rings (SSSR count). The van der Waals surface area contributed by atoms with Crippen molar-refractivity contribution in [1.82, 2.24) is 10.2 Å². The summed E-state index contributed by atoms with van der Waals surface area (Å²) >= 11 is 1.62. The monoisotopic (exact) mass is 308 g/mol. The fourth-order valence-corrected chi connectivity index (χ4v) is 3.86. The van der Waals surface area contributed by atoms with E-state index in [0.717, 1.165) is 5.56 Å². The zero-order valence-electron chi connectivity index (χ0n) is 13.2. The molecule has 1 aromatic heterocycles. The quantitative estimate of drug-likeness (QED) is 0.908. The van der Waals surface area contributed by atoms with Gasteiger partial charge < -0.3 is 10.2 Å². The molecule has 2 unspecified atom stereocenters. The van der Waals surface area contributed by atoms with Gasteiger partial charge in [-0.2, -0.15) is 11.3 Å². The summed E-state index contributed by atoms with van der Waals surface area (Å²) in [7, 11) is 0. The second kappa shape index (κ2) is 6.18. The van der Waals surface area contributed by atoms with Crippen LogP contribution in [0.3, 0.4) is 0 Å². The van der Waals surface area contributed by atoms with Crippen LogP contribution in [0.15, 0.2) is 16.8 Å². The van der Waals surface area contributed by atoms with E-state index in [1.54, 1.807) is 16.2 Å². The van der Waals surface area contributed by atoms with Crippen LogP contribution in [0, 0.1) is 0 Å². The van der Waals surface area contributed by atoms with Crippen molar-refractivity contribution in [3.05, 3.63) is 22.4 Å². The third-order valence-electron chi connectivity index (χ3n) is 4.68. The molecular weight excluding hydrogens is 284 g/mol. The van der Waals surface area contributed by atoms with Gasteiger partial charge in [0.15, 0.2) is 0 Å². The smallest absolute Gasteiger partial charge is 0.249 e. The highest BCUT2D eigenvalue weighted by molar-refractivity contribution is 7.07. The van der Waals surface area contributed by atoms with Gasteiger partial charge in [0.05, 0.1) is 6.04 Å². The Balaban J connectivity index is 2.42. The predicted octanol–water partition coefficient (Wildman–Crippen LogP) is 3.10. The van der Waals surface area contributed by atoms with E-state index in [1.807, 2.05) is 39.1 Å². The molecule has 1 saturated heterocycles. The average molecular weight is 308 g/mol. The van der Waals surface area contributed by atoms with Crippen LogP contribution in [0.5, 0.6) is 0 Å². The zero-order chi connectivity index (χ0) is 15.6. The summed E-state index contributed by atoms with van der Waals surface area (Å²) in [6.07, 6.45) is 1.88. The van der Waals surface area contributed by atoms with Crippen LogP contribution in [0.1, 0.15) is 58.6 Å². The summed E-state index contributed by atoms with van der Waals surface area (Å²) in [4.78, 5) is 27.4. The van der Waals surface area contributed by atoms with Crippen molar-refractivity contribution in [1.29, 1.82) is 0 Å². The molecule has 2 amide bonds. The summed E-state index contributed by atoms with van der Waals surface area (Å²) < 4.78 is 0. The highest BCUT2D eigenvalue weighted by atomic mass is 32.1. The summed E-state index contributed by atoms with van der Waals surface area (Å²) in [5.74, 6) is 0.0283. The Morgan fingerprint density at radius 1 is 1.33 bits per heavy atom. The molecule has 0 aromatic carbocycles. The van der Waals surface area contributed by atoms with Gasteiger partial charge in [-0.15, -0.1) is 0 Å². The normalized spacial score (nSPS) is 23.0. The lowest BCUT2D eigenvalue weighted by molar-refractivity contribution is -0.158. The maximum atomic E-state index is 13.1. The molecule has 1 N–H and O–H groups in total. The van der Waals surface area contributed by atoms with E-state index >= 15 is 0 Å². The topological polar surface area (TPSA) is 49.4 Å². The molecule has 5 heteroatoms. The molecule has 1 aliphatic rings. The van der Waals surface area contributed by atoms with Crippen LogP contribution >= 0.6 is 11.3 Å². The maximum Gasteiger partial charge on any atom is 0.249 e. The van der Waals surface area contributed by atoms with E-state index < -0.39 is 5.54 Å². The van der Waals surface area contributed by atoms with Crippen molar-refractivity contribution in [2.75, 3.05) is 0 Å². The van der Waals surface area contributed by atoms with E-state index in [2.05, 4.69) is 10.7 Å². The number of nitrogens with zero attached hydrogens (tertiary/aromatic N) is 1. The molecule has 4 nitrogen and oxygen atoms in total. The first-order valence-corrected chi connectivity index (χ1v) is 8.61. The van der Waals surface area contributed by atoms with Gasteiger partial charge in [-0.05, 0) is 48.6 Å². The van der Waals surface area contributed by atoms with Crippen molar-refractivity contribution < 1.29 is 9.59 Å². The highest BCUT2D eigenvalue weighted by Crippen LogP contribution is 2.33. The molecule has 1 aromatic rings. The van der Waals surface area contributed by atoms with Gasteiger partial charge in [0.1, 0.15) is 11.6 Å². The molecule has 0 bridgehead atoms. The van der Waals surface area contributed by atoms with Gasteiger partial charge in [0.2, 0.25) is 11.8 Å². The van der Waals surface area contributed by atoms with Crippen LogP contribution < -0.4 is 5.32 Å². The van der Waals surface area contributed by atoms with E-state index in [9.17, 15) is 9.59 Å². The van der Waals surface area contributed by atoms with Crippen LogP contribution in [-0.2, 0) is 9.59 Å². The van der Waals surface area contributed by atoms with Crippen molar-refractivity contribution in [2.24, 2.45) is 0 Å². The largest absolute Gasteiger partial charge is 0.340 e. The third kappa shape index (κ3) is 2.59. The van der Waals surface area contributed by atoms with Crippen molar-refractivity contribution in [2.45, 2.75) is 64.6 Å². The maximum absolute atomic E-state index is 13.1. The number of hydrogen-bond donors (Lipinski definition) is 1. The fourth-order valence-electron chi connectivity index (χ4n) is 3.12. The Kier molecular flexibility index (Phi) is 4.71. The van der Waals surface area contributed by atoms with Crippen LogP contribution in [-0.4, -0.2) is 28.3 Å². The van der Waals surface area contributed by atoms with Crippen LogP contribution in [0.2, 0.25) is 0 Å². The molecule has 1 fully saturated rings. The minimum Gasteiger partial charge on any atom is -0.340 e. The second-order valence-electron chi connectivity index (χ2n) is 5.65. The average Bonchev–Trinajstić information content (AvgIpc) is 3.02. The van der Waals surface area contributed by atoms with Gasteiger partial charge in [-0.3, -0.25) is 9.59 Å². The Morgan fingerprint density at radius 3 is 2.48 bits per heavy atom. The summed E-state index contributed by atoms with van der Waals surface area (Å²) in [6.45, 7) is 7.88. The Morgan fingerprint density at radius 2 is 2.00 bits per heavy atom. The lowest BCUT2D eigenvalue weighted by Crippen LogP contribution is -2.70. The third-order valence-corrected chi connectivity index (χ3v) is 5.38. The molecule has 0 radical (unpaired) electrons. The predicted molar refractivity (Wildman–Crippen MR) is 85.1 cm³/mol. The SMILES string of the molecule is CCC1C(=O)NC(CC)(CC)C(=O)N1C(C)c1ccsc1. The number of nitrogens with one attached hydrogen (secondary N) is 1. The Labute approximate surface area is 130 Å². The molecule has 0 spiro atoms. The van der Waals surface area contributed by atoms with E-state index in [0.29, 0.717) is 19.3 Å². The Bertz CT molecular complexity index is 508. The van der Waals surface area contributed by atoms with Crippen molar-refractivity contribution >= 4 is 23.2 Å². The molecule has 2 heterocycles. The van der Waals surface area contributed by atoms with Crippen LogP contribution in [0.25, 0.3) is 0 Å². The first-order valence-electron chi connectivity index (χ1n) is 7.67. The van der Waals surface area contributed by atoms with Gasteiger partial charge in [0, 0.05) is 0 Å². The molecular formula is C16H24N2O2S. The first-order chi connectivity index (χ1) is 10.0. The molecule has 0 aliphatic carbocycles. The summed E-state index contributed by atoms with van der Waals surface area (Å²) in [5, 5.41) is 7.04.